The smallest absolute Gasteiger partial charge is 0.244 e. The fourth-order valence-electron chi connectivity index (χ4n) is 3.58. The number of anilines is 1. The number of sulfonamides is 1. The van der Waals surface area contributed by atoms with Crippen LogP contribution in [-0.4, -0.2) is 51.0 Å². The largest absolute Gasteiger partial charge is 0.357 e. The third-order valence-corrected chi connectivity index (χ3v) is 6.46. The van der Waals surface area contributed by atoms with Crippen LogP contribution in [0.15, 0.2) is 42.5 Å². The van der Waals surface area contributed by atoms with Gasteiger partial charge in [-0.05, 0) is 61.2 Å². The van der Waals surface area contributed by atoms with Crippen LogP contribution in [0.1, 0.15) is 30.0 Å². The van der Waals surface area contributed by atoms with Gasteiger partial charge in [-0.15, -0.1) is 0 Å². The number of aryl methyl sites for hydroxylation is 2. The second kappa shape index (κ2) is 10.8. The molecule has 7 nitrogen and oxygen atoms in total. The fraction of sp³-hybridized carbons (Fsp3) is 0.391. The Bertz CT molecular complexity index is 1050. The number of likely N-dealkylation sites (N-methyl/N-ethyl adjacent to an activating group) is 1. The van der Waals surface area contributed by atoms with Crippen molar-refractivity contribution >= 4 is 39.1 Å². The molecule has 32 heavy (non-hydrogen) atoms. The van der Waals surface area contributed by atoms with Gasteiger partial charge in [0.05, 0.1) is 11.9 Å². The number of hydrogen-bond acceptors (Lipinski definition) is 4. The second-order valence-electron chi connectivity index (χ2n) is 7.80. The van der Waals surface area contributed by atoms with Crippen molar-refractivity contribution in [3.05, 3.63) is 64.2 Å². The van der Waals surface area contributed by atoms with Gasteiger partial charge in [0.1, 0.15) is 12.6 Å². The van der Waals surface area contributed by atoms with Crippen LogP contribution in [0.2, 0.25) is 5.02 Å². The average molecular weight is 480 g/mol. The van der Waals surface area contributed by atoms with Crippen molar-refractivity contribution in [2.24, 2.45) is 0 Å². The minimum Gasteiger partial charge on any atom is -0.357 e. The van der Waals surface area contributed by atoms with Gasteiger partial charge in [-0.2, -0.15) is 0 Å². The maximum absolute atomic E-state index is 13.4. The molecule has 0 saturated heterocycles. The Balaban J connectivity index is 2.45. The number of amides is 2. The normalized spacial score (nSPS) is 12.2. The Kier molecular flexibility index (Phi) is 8.69. The summed E-state index contributed by atoms with van der Waals surface area (Å²) in [5.41, 5.74) is 2.96. The van der Waals surface area contributed by atoms with Crippen LogP contribution in [-0.2, 0) is 26.2 Å². The molecule has 0 fully saturated rings. The van der Waals surface area contributed by atoms with E-state index in [4.69, 9.17) is 11.6 Å². The van der Waals surface area contributed by atoms with Gasteiger partial charge in [-0.3, -0.25) is 13.9 Å². The first-order valence-electron chi connectivity index (χ1n) is 10.3. The molecule has 9 heteroatoms. The molecule has 1 atom stereocenters. The van der Waals surface area contributed by atoms with E-state index in [1.807, 2.05) is 19.9 Å². The van der Waals surface area contributed by atoms with Crippen molar-refractivity contribution in [3.8, 4) is 0 Å². The predicted octanol–water partition coefficient (Wildman–Crippen LogP) is 3.28. The van der Waals surface area contributed by atoms with Crippen molar-refractivity contribution < 1.29 is 18.0 Å². The SMILES string of the molecule is CC[C@H](C(=O)NC)N(Cc1ccc(Cl)cc1)C(=O)CN(c1cc(C)cc(C)c1)S(C)(=O)=O. The Hall–Kier alpha value is -2.58. The van der Waals surface area contributed by atoms with Crippen molar-refractivity contribution in [2.45, 2.75) is 39.8 Å². The monoisotopic (exact) mass is 479 g/mol. The molecule has 0 aliphatic rings. The van der Waals surface area contributed by atoms with E-state index in [9.17, 15) is 18.0 Å². The van der Waals surface area contributed by atoms with Gasteiger partial charge in [-0.25, -0.2) is 8.42 Å². The molecule has 174 valence electrons. The molecular formula is C23H30ClN3O4S. The summed E-state index contributed by atoms with van der Waals surface area (Å²) in [4.78, 5) is 27.4. The maximum atomic E-state index is 13.4. The molecule has 1 N–H and O–H groups in total. The number of carbonyl (C=O) groups is 2. The zero-order chi connectivity index (χ0) is 24.1. The fourth-order valence-corrected chi connectivity index (χ4v) is 4.54. The van der Waals surface area contributed by atoms with Crippen LogP contribution in [0.5, 0.6) is 0 Å². The molecule has 2 aromatic carbocycles. The highest BCUT2D eigenvalue weighted by Gasteiger charge is 2.31. The highest BCUT2D eigenvalue weighted by atomic mass is 35.5. The van der Waals surface area contributed by atoms with E-state index in [0.717, 1.165) is 27.3 Å². The Morgan fingerprint density at radius 1 is 1.06 bits per heavy atom. The first kappa shape index (κ1) is 25.7. The van der Waals surface area contributed by atoms with Crippen LogP contribution in [0, 0.1) is 13.8 Å². The Morgan fingerprint density at radius 2 is 1.62 bits per heavy atom. The molecule has 0 spiro atoms. The summed E-state index contributed by atoms with van der Waals surface area (Å²) in [6.07, 6.45) is 1.44. The summed E-state index contributed by atoms with van der Waals surface area (Å²) in [6.45, 7) is 5.27. The van der Waals surface area contributed by atoms with Crippen molar-refractivity contribution in [1.29, 1.82) is 0 Å². The first-order chi connectivity index (χ1) is 15.0. The van der Waals surface area contributed by atoms with Gasteiger partial charge in [0.25, 0.3) is 0 Å². The van der Waals surface area contributed by atoms with Crippen molar-refractivity contribution in [3.63, 3.8) is 0 Å². The summed E-state index contributed by atoms with van der Waals surface area (Å²) < 4.78 is 26.3. The van der Waals surface area contributed by atoms with Crippen LogP contribution >= 0.6 is 11.6 Å². The van der Waals surface area contributed by atoms with Crippen LogP contribution < -0.4 is 9.62 Å². The first-order valence-corrected chi connectivity index (χ1v) is 12.5. The van der Waals surface area contributed by atoms with Gasteiger partial charge in [0.2, 0.25) is 21.8 Å². The minimum absolute atomic E-state index is 0.145. The van der Waals surface area contributed by atoms with Gasteiger partial charge in [0.15, 0.2) is 0 Å². The lowest BCUT2D eigenvalue weighted by Gasteiger charge is -2.32. The van der Waals surface area contributed by atoms with Crippen LogP contribution in [0.3, 0.4) is 0 Å². The maximum Gasteiger partial charge on any atom is 0.244 e. The van der Waals surface area contributed by atoms with E-state index in [-0.39, 0.29) is 12.5 Å². The second-order valence-corrected chi connectivity index (χ2v) is 10.1. The highest BCUT2D eigenvalue weighted by molar-refractivity contribution is 7.92. The molecule has 0 aromatic heterocycles. The van der Waals surface area contributed by atoms with E-state index in [0.29, 0.717) is 17.1 Å². The molecule has 0 saturated carbocycles. The molecule has 0 aliphatic heterocycles. The number of hydrogen-bond donors (Lipinski definition) is 1. The number of benzene rings is 2. The lowest BCUT2D eigenvalue weighted by Crippen LogP contribution is -2.51. The quantitative estimate of drug-likeness (QED) is 0.598. The van der Waals surface area contributed by atoms with Gasteiger partial charge in [-0.1, -0.05) is 36.7 Å². The summed E-state index contributed by atoms with van der Waals surface area (Å²) in [5.74, 6) is -0.785. The van der Waals surface area contributed by atoms with Crippen LogP contribution in [0.25, 0.3) is 0 Å². The molecular weight excluding hydrogens is 450 g/mol. The van der Waals surface area contributed by atoms with Gasteiger partial charge in [0, 0.05) is 18.6 Å². The summed E-state index contributed by atoms with van der Waals surface area (Å²) in [5, 5.41) is 3.15. The van der Waals surface area contributed by atoms with Gasteiger partial charge < -0.3 is 10.2 Å². The number of rotatable bonds is 9. The predicted molar refractivity (Wildman–Crippen MR) is 128 cm³/mol. The average Bonchev–Trinajstić information content (AvgIpc) is 2.71. The zero-order valence-electron chi connectivity index (χ0n) is 19.1. The lowest BCUT2D eigenvalue weighted by molar-refractivity contribution is -0.140. The highest BCUT2D eigenvalue weighted by Crippen LogP contribution is 2.23. The number of nitrogens with one attached hydrogen (secondary N) is 1. The summed E-state index contributed by atoms with van der Waals surface area (Å²) >= 11 is 5.97. The molecule has 0 bridgehead atoms. The third-order valence-electron chi connectivity index (χ3n) is 5.07. The van der Waals surface area contributed by atoms with Gasteiger partial charge >= 0.3 is 0 Å². The van der Waals surface area contributed by atoms with Crippen molar-refractivity contribution in [2.75, 3.05) is 24.2 Å². The van der Waals surface area contributed by atoms with E-state index >= 15 is 0 Å². The zero-order valence-corrected chi connectivity index (χ0v) is 20.6. The lowest BCUT2D eigenvalue weighted by atomic mass is 10.1. The van der Waals surface area contributed by atoms with E-state index < -0.39 is 28.5 Å². The minimum atomic E-state index is -3.75. The molecule has 0 unspecified atom stereocenters. The number of carbonyl (C=O) groups excluding carboxylic acids is 2. The Labute approximate surface area is 195 Å². The van der Waals surface area contributed by atoms with Crippen LogP contribution in [0.4, 0.5) is 5.69 Å². The van der Waals surface area contributed by atoms with Crippen molar-refractivity contribution in [1.82, 2.24) is 10.2 Å². The van der Waals surface area contributed by atoms with E-state index in [1.165, 1.54) is 11.9 Å². The number of nitrogens with zero attached hydrogens (tertiary/aromatic N) is 2. The molecule has 2 amide bonds. The summed E-state index contributed by atoms with van der Waals surface area (Å²) in [6, 6.07) is 11.6. The molecule has 2 rings (SSSR count). The standard InChI is InChI=1S/C23H30ClN3O4S/c1-6-21(23(29)25-4)26(14-18-7-9-19(24)10-8-18)22(28)15-27(32(5,30)31)20-12-16(2)11-17(3)13-20/h7-13,21H,6,14-15H2,1-5H3,(H,25,29)/t21-/m1/s1. The van der Waals surface area contributed by atoms with E-state index in [2.05, 4.69) is 5.32 Å². The molecule has 0 aliphatic carbocycles. The summed E-state index contributed by atoms with van der Waals surface area (Å²) in [7, 11) is -2.24. The Morgan fingerprint density at radius 3 is 2.09 bits per heavy atom. The topological polar surface area (TPSA) is 86.8 Å². The molecule has 0 radical (unpaired) electrons. The molecule has 0 heterocycles. The van der Waals surface area contributed by atoms with E-state index in [1.54, 1.807) is 43.3 Å². The number of halogens is 1. The third kappa shape index (κ3) is 6.71. The molecule has 2 aromatic rings.